The van der Waals surface area contributed by atoms with E-state index in [0.717, 1.165) is 61.2 Å². The average molecular weight is 506 g/mol. The van der Waals surface area contributed by atoms with Crippen LogP contribution in [0.15, 0.2) is 48.0 Å². The number of hydrogen-bond acceptors (Lipinski definition) is 6. The van der Waals surface area contributed by atoms with E-state index in [4.69, 9.17) is 14.2 Å². The van der Waals surface area contributed by atoms with Gasteiger partial charge in [-0.25, -0.2) is 0 Å². The predicted octanol–water partition coefficient (Wildman–Crippen LogP) is 5.18. The van der Waals surface area contributed by atoms with Crippen LogP contribution in [0.5, 0.6) is 11.5 Å². The third-order valence-electron chi connectivity index (χ3n) is 7.35. The smallest absolute Gasteiger partial charge is 0.295 e. The number of ether oxygens (including phenoxy) is 3. The molecule has 3 unspecified atom stereocenters. The molecule has 0 saturated carbocycles. The second kappa shape index (κ2) is 11.0. The number of Topliss-reactive ketones (excluding diaryl/α,β-unsaturated/α-hetero) is 1. The summed E-state index contributed by atoms with van der Waals surface area (Å²) in [5, 5.41) is 11.4. The lowest BCUT2D eigenvalue weighted by Gasteiger charge is -2.27. The third kappa shape index (κ3) is 5.23. The van der Waals surface area contributed by atoms with Crippen molar-refractivity contribution in [1.82, 2.24) is 4.90 Å². The van der Waals surface area contributed by atoms with Gasteiger partial charge in [-0.2, -0.15) is 0 Å². The highest BCUT2D eigenvalue weighted by molar-refractivity contribution is 6.46. The lowest BCUT2D eigenvalue weighted by atomic mass is 9.94. The van der Waals surface area contributed by atoms with E-state index >= 15 is 0 Å². The van der Waals surface area contributed by atoms with Crippen molar-refractivity contribution in [3.8, 4) is 11.5 Å². The lowest BCUT2D eigenvalue weighted by Crippen LogP contribution is -2.36. The Morgan fingerprint density at radius 1 is 1.14 bits per heavy atom. The number of likely N-dealkylation sites (tertiary alicyclic amines) is 1. The van der Waals surface area contributed by atoms with E-state index < -0.39 is 17.7 Å². The van der Waals surface area contributed by atoms with Crippen molar-refractivity contribution in [2.24, 2.45) is 0 Å². The van der Waals surface area contributed by atoms with Gasteiger partial charge in [-0.05, 0) is 67.6 Å². The predicted molar refractivity (Wildman–Crippen MR) is 140 cm³/mol. The summed E-state index contributed by atoms with van der Waals surface area (Å²) in [5.41, 5.74) is 2.34. The number of fused-ring (bicyclic) bond motifs is 1. The number of amides is 1. The molecular weight excluding hydrogens is 470 g/mol. The normalized spacial score (nSPS) is 24.4. The lowest BCUT2D eigenvalue weighted by molar-refractivity contribution is -0.140. The minimum atomic E-state index is -0.707. The molecule has 3 aliphatic heterocycles. The number of benzene rings is 2. The van der Waals surface area contributed by atoms with Crippen LogP contribution in [0.2, 0.25) is 0 Å². The van der Waals surface area contributed by atoms with E-state index in [1.807, 2.05) is 43.3 Å². The topological polar surface area (TPSA) is 85.3 Å². The summed E-state index contributed by atoms with van der Waals surface area (Å²) >= 11 is 0. The van der Waals surface area contributed by atoms with Gasteiger partial charge in [-0.15, -0.1) is 0 Å². The summed E-state index contributed by atoms with van der Waals surface area (Å²) in [6, 6.07) is 12.2. The minimum absolute atomic E-state index is 0.0621. The van der Waals surface area contributed by atoms with E-state index in [-0.39, 0.29) is 23.5 Å². The number of carbonyl (C=O) groups excluding carboxylic acids is 2. The molecule has 0 spiro atoms. The number of carbonyl (C=O) groups is 2. The van der Waals surface area contributed by atoms with Gasteiger partial charge in [0.2, 0.25) is 0 Å². The first kappa shape index (κ1) is 25.3. The maximum atomic E-state index is 13.3. The molecule has 196 valence electrons. The zero-order chi connectivity index (χ0) is 25.9. The van der Waals surface area contributed by atoms with Crippen LogP contribution in [0.3, 0.4) is 0 Å². The van der Waals surface area contributed by atoms with Gasteiger partial charge in [-0.3, -0.25) is 9.59 Å². The Bertz CT molecular complexity index is 1180. The molecule has 0 aromatic heterocycles. The van der Waals surface area contributed by atoms with Crippen molar-refractivity contribution in [1.29, 1.82) is 0 Å². The van der Waals surface area contributed by atoms with Crippen molar-refractivity contribution in [3.63, 3.8) is 0 Å². The molecule has 2 fully saturated rings. The number of ketones is 1. The molecule has 2 aromatic rings. The van der Waals surface area contributed by atoms with Gasteiger partial charge in [0, 0.05) is 25.1 Å². The molecular formula is C30H35NO6. The van der Waals surface area contributed by atoms with Crippen molar-refractivity contribution in [2.75, 3.05) is 19.8 Å². The average Bonchev–Trinajstić information content (AvgIpc) is 3.61. The summed E-state index contributed by atoms with van der Waals surface area (Å²) in [7, 11) is 0. The second-order valence-corrected chi connectivity index (χ2v) is 10.2. The van der Waals surface area contributed by atoms with Gasteiger partial charge < -0.3 is 24.2 Å². The number of aliphatic hydroxyl groups is 1. The van der Waals surface area contributed by atoms with Crippen molar-refractivity contribution >= 4 is 17.4 Å². The van der Waals surface area contributed by atoms with Crippen LogP contribution >= 0.6 is 0 Å². The molecule has 0 aliphatic carbocycles. The molecule has 0 radical (unpaired) electrons. The maximum absolute atomic E-state index is 13.3. The monoisotopic (exact) mass is 505 g/mol. The summed E-state index contributed by atoms with van der Waals surface area (Å²) in [6.07, 6.45) is 5.66. The standard InChI is InChI=1S/C30H35NO6/c1-3-4-5-14-35-23-11-8-20(9-12-23)27-26(29(33)30(34)31(27)18-24-7-6-15-36-24)28(32)21-10-13-25-22(17-21)16-19(2)37-25/h8-13,17,19,24,27,32H,3-7,14-16,18H2,1-2H3. The summed E-state index contributed by atoms with van der Waals surface area (Å²) in [4.78, 5) is 28.2. The Kier molecular flexibility index (Phi) is 7.51. The Balaban J connectivity index is 1.49. The largest absolute Gasteiger partial charge is 0.507 e. The number of unbranched alkanes of at least 4 members (excludes halogenated alkanes) is 2. The van der Waals surface area contributed by atoms with Crippen molar-refractivity contribution in [3.05, 3.63) is 64.7 Å². The molecule has 7 nitrogen and oxygen atoms in total. The molecule has 3 atom stereocenters. The fourth-order valence-corrected chi connectivity index (χ4v) is 5.44. The van der Waals surface area contributed by atoms with Crippen LogP contribution in [-0.2, 0) is 20.7 Å². The van der Waals surface area contributed by atoms with Crippen molar-refractivity contribution < 1.29 is 28.9 Å². The van der Waals surface area contributed by atoms with Gasteiger partial charge in [0.15, 0.2) is 0 Å². The Hall–Kier alpha value is -3.32. The first-order chi connectivity index (χ1) is 18.0. The minimum Gasteiger partial charge on any atom is -0.507 e. The number of rotatable bonds is 9. The fraction of sp³-hybridized carbons (Fsp3) is 0.467. The Morgan fingerprint density at radius 3 is 2.68 bits per heavy atom. The fourth-order valence-electron chi connectivity index (χ4n) is 5.44. The second-order valence-electron chi connectivity index (χ2n) is 10.2. The molecule has 2 aromatic carbocycles. The van der Waals surface area contributed by atoms with Gasteiger partial charge >= 0.3 is 0 Å². The molecule has 1 amide bonds. The van der Waals surface area contributed by atoms with Crippen molar-refractivity contribution in [2.45, 2.75) is 70.6 Å². The molecule has 3 heterocycles. The van der Waals surface area contributed by atoms with Gasteiger partial charge in [-0.1, -0.05) is 31.9 Å². The molecule has 3 aliphatic rings. The first-order valence-electron chi connectivity index (χ1n) is 13.4. The molecule has 5 rings (SSSR count). The molecule has 7 heteroatoms. The first-order valence-corrected chi connectivity index (χ1v) is 13.4. The van der Waals surface area contributed by atoms with E-state index in [9.17, 15) is 14.7 Å². The Morgan fingerprint density at radius 2 is 1.95 bits per heavy atom. The van der Waals surface area contributed by atoms with Crippen LogP contribution in [0.4, 0.5) is 0 Å². The van der Waals surface area contributed by atoms with Gasteiger partial charge in [0.1, 0.15) is 23.4 Å². The van der Waals surface area contributed by atoms with Crippen LogP contribution in [0.1, 0.15) is 68.7 Å². The maximum Gasteiger partial charge on any atom is 0.295 e. The zero-order valence-corrected chi connectivity index (χ0v) is 21.6. The molecule has 37 heavy (non-hydrogen) atoms. The van der Waals surface area contributed by atoms with E-state index in [0.29, 0.717) is 25.3 Å². The van der Waals surface area contributed by atoms with E-state index in [1.165, 1.54) is 0 Å². The molecule has 2 saturated heterocycles. The SMILES string of the molecule is CCCCCOc1ccc(C2C(=C(O)c3ccc4c(c3)CC(C)O4)C(=O)C(=O)N2CC2CCCO2)cc1. The van der Waals surface area contributed by atoms with E-state index in [2.05, 4.69) is 6.92 Å². The summed E-state index contributed by atoms with van der Waals surface area (Å²) in [5.74, 6) is 0.0728. The zero-order valence-electron chi connectivity index (χ0n) is 21.6. The quantitative estimate of drug-likeness (QED) is 0.219. The van der Waals surface area contributed by atoms with Crippen LogP contribution in [-0.4, -0.2) is 53.7 Å². The number of nitrogens with zero attached hydrogens (tertiary/aromatic N) is 1. The van der Waals surface area contributed by atoms with E-state index in [1.54, 1.807) is 11.0 Å². The van der Waals surface area contributed by atoms with Crippen LogP contribution < -0.4 is 9.47 Å². The van der Waals surface area contributed by atoms with Gasteiger partial charge in [0.05, 0.1) is 24.3 Å². The Labute approximate surface area is 218 Å². The highest BCUT2D eigenvalue weighted by atomic mass is 16.5. The highest BCUT2D eigenvalue weighted by Crippen LogP contribution is 2.41. The third-order valence-corrected chi connectivity index (χ3v) is 7.35. The van der Waals surface area contributed by atoms with Gasteiger partial charge in [0.25, 0.3) is 11.7 Å². The summed E-state index contributed by atoms with van der Waals surface area (Å²) < 4.78 is 17.4. The highest BCUT2D eigenvalue weighted by Gasteiger charge is 2.47. The molecule has 1 N–H and O–H groups in total. The van der Waals surface area contributed by atoms with Crippen LogP contribution in [0.25, 0.3) is 5.76 Å². The van der Waals surface area contributed by atoms with Crippen LogP contribution in [0, 0.1) is 0 Å². The summed E-state index contributed by atoms with van der Waals surface area (Å²) in [6.45, 7) is 5.74. The molecule has 0 bridgehead atoms. The number of aliphatic hydroxyl groups excluding tert-OH is 1. The number of hydrogen-bond donors (Lipinski definition) is 1.